The SMILES string of the molecule is COc1ncccc1S(=O)(=O)Nc1ccnc(-c2ccc(CN3CCN(C4COC4)CC3)cc2F)c1. The predicted octanol–water partition coefficient (Wildman–Crippen LogP) is 2.61. The summed E-state index contributed by atoms with van der Waals surface area (Å²) in [4.78, 5) is 12.9. The van der Waals surface area contributed by atoms with E-state index in [1.165, 1.54) is 49.8 Å². The molecule has 11 heteroatoms. The third kappa shape index (κ3) is 5.34. The molecule has 0 saturated carbocycles. The third-order valence-corrected chi connectivity index (χ3v) is 7.88. The topological polar surface area (TPSA) is 96.9 Å². The van der Waals surface area contributed by atoms with Crippen LogP contribution in [0, 0.1) is 5.82 Å². The van der Waals surface area contributed by atoms with Crippen molar-refractivity contribution in [3.8, 4) is 17.1 Å². The van der Waals surface area contributed by atoms with Gasteiger partial charge in [0.05, 0.1) is 37.7 Å². The fraction of sp³-hybridized carbons (Fsp3) is 0.360. The van der Waals surface area contributed by atoms with Crippen LogP contribution in [0.3, 0.4) is 0 Å². The maximum atomic E-state index is 15.1. The molecular weight excluding hydrogens is 485 g/mol. The molecule has 0 radical (unpaired) electrons. The van der Waals surface area contributed by atoms with Gasteiger partial charge < -0.3 is 9.47 Å². The molecule has 0 spiro atoms. The van der Waals surface area contributed by atoms with E-state index in [9.17, 15) is 8.42 Å². The summed E-state index contributed by atoms with van der Waals surface area (Å²) in [6, 6.07) is 11.6. The van der Waals surface area contributed by atoms with Crippen LogP contribution in [0.4, 0.5) is 10.1 Å². The number of aromatic nitrogens is 2. The van der Waals surface area contributed by atoms with Gasteiger partial charge in [-0.25, -0.2) is 17.8 Å². The van der Waals surface area contributed by atoms with Gasteiger partial charge in [0.1, 0.15) is 10.7 Å². The maximum Gasteiger partial charge on any atom is 0.267 e. The smallest absolute Gasteiger partial charge is 0.267 e. The van der Waals surface area contributed by atoms with E-state index in [-0.39, 0.29) is 16.5 Å². The molecule has 9 nitrogen and oxygen atoms in total. The first-order valence-electron chi connectivity index (χ1n) is 11.7. The fourth-order valence-corrected chi connectivity index (χ4v) is 5.60. The Labute approximate surface area is 209 Å². The largest absolute Gasteiger partial charge is 0.480 e. The lowest BCUT2D eigenvalue weighted by Crippen LogP contribution is -2.56. The summed E-state index contributed by atoms with van der Waals surface area (Å²) in [5, 5.41) is 0. The van der Waals surface area contributed by atoms with E-state index in [0.29, 0.717) is 23.8 Å². The average molecular weight is 514 g/mol. The fourth-order valence-electron chi connectivity index (χ4n) is 4.43. The van der Waals surface area contributed by atoms with Crippen LogP contribution in [0.5, 0.6) is 5.88 Å². The summed E-state index contributed by atoms with van der Waals surface area (Å²) in [6.45, 7) is 6.17. The Kier molecular flexibility index (Phi) is 7.15. The van der Waals surface area contributed by atoms with Gasteiger partial charge in [0.25, 0.3) is 10.0 Å². The van der Waals surface area contributed by atoms with Crippen LogP contribution in [0.2, 0.25) is 0 Å². The van der Waals surface area contributed by atoms with Gasteiger partial charge >= 0.3 is 0 Å². The van der Waals surface area contributed by atoms with E-state index >= 15 is 4.39 Å². The first-order valence-corrected chi connectivity index (χ1v) is 13.2. The monoisotopic (exact) mass is 513 g/mol. The summed E-state index contributed by atoms with van der Waals surface area (Å²) in [5.74, 6) is -0.418. The maximum absolute atomic E-state index is 15.1. The zero-order valence-corrected chi connectivity index (χ0v) is 20.7. The Bertz CT molecular complexity index is 1330. The highest BCUT2D eigenvalue weighted by Gasteiger charge is 2.29. The Hall–Kier alpha value is -3.12. The second-order valence-corrected chi connectivity index (χ2v) is 10.5. The van der Waals surface area contributed by atoms with E-state index in [4.69, 9.17) is 9.47 Å². The van der Waals surface area contributed by atoms with Gasteiger partial charge in [-0.2, -0.15) is 0 Å². The number of halogens is 1. The molecule has 5 rings (SSSR count). The highest BCUT2D eigenvalue weighted by molar-refractivity contribution is 7.92. The molecule has 0 atom stereocenters. The normalized spacial score (nSPS) is 17.5. The molecule has 2 aromatic heterocycles. The van der Waals surface area contributed by atoms with Crippen molar-refractivity contribution in [2.45, 2.75) is 17.5 Å². The van der Waals surface area contributed by atoms with Crippen molar-refractivity contribution in [1.29, 1.82) is 0 Å². The van der Waals surface area contributed by atoms with Gasteiger partial charge in [0.15, 0.2) is 0 Å². The van der Waals surface area contributed by atoms with Crippen LogP contribution in [0.25, 0.3) is 11.3 Å². The van der Waals surface area contributed by atoms with E-state index in [1.807, 2.05) is 6.07 Å². The number of anilines is 1. The molecule has 36 heavy (non-hydrogen) atoms. The minimum Gasteiger partial charge on any atom is -0.480 e. The summed E-state index contributed by atoms with van der Waals surface area (Å²) in [5.41, 5.74) is 1.77. The molecular formula is C25H28FN5O4S. The number of nitrogens with one attached hydrogen (secondary N) is 1. The zero-order valence-electron chi connectivity index (χ0n) is 19.9. The number of benzene rings is 1. The first-order chi connectivity index (χ1) is 17.4. The number of pyridine rings is 2. The standard InChI is InChI=1S/C25H28FN5O4S/c1-34-25-24(3-2-7-28-25)36(32,33)29-19-6-8-27-23(14-19)21-5-4-18(13-22(21)26)15-30-9-11-31(12-10-30)20-16-35-17-20/h2-8,13-14,20H,9-12,15-17H2,1H3,(H,27,29). The molecule has 0 bridgehead atoms. The van der Waals surface area contributed by atoms with E-state index in [2.05, 4.69) is 24.5 Å². The van der Waals surface area contributed by atoms with Crippen molar-refractivity contribution in [3.05, 3.63) is 66.2 Å². The van der Waals surface area contributed by atoms with Crippen molar-refractivity contribution in [1.82, 2.24) is 19.8 Å². The van der Waals surface area contributed by atoms with Gasteiger partial charge in [-0.05, 0) is 42.0 Å². The molecule has 0 amide bonds. The molecule has 2 fully saturated rings. The third-order valence-electron chi connectivity index (χ3n) is 6.49. The molecule has 2 aliphatic heterocycles. The van der Waals surface area contributed by atoms with Gasteiger partial charge in [-0.1, -0.05) is 6.07 Å². The highest BCUT2D eigenvalue weighted by Crippen LogP contribution is 2.27. The summed E-state index contributed by atoms with van der Waals surface area (Å²) >= 11 is 0. The minimum atomic E-state index is -3.97. The Morgan fingerprint density at radius 1 is 1.08 bits per heavy atom. The molecule has 1 N–H and O–H groups in total. The molecule has 1 aromatic carbocycles. The Balaban J connectivity index is 1.27. The lowest BCUT2D eigenvalue weighted by Gasteiger charge is -2.42. The lowest BCUT2D eigenvalue weighted by molar-refractivity contribution is -0.0774. The Morgan fingerprint density at radius 3 is 2.58 bits per heavy atom. The second-order valence-electron chi connectivity index (χ2n) is 8.86. The summed E-state index contributed by atoms with van der Waals surface area (Å²) in [6.07, 6.45) is 2.88. The van der Waals surface area contributed by atoms with Gasteiger partial charge in [-0.3, -0.25) is 19.5 Å². The number of sulfonamides is 1. The minimum absolute atomic E-state index is 0.0145. The average Bonchev–Trinajstić information content (AvgIpc) is 2.84. The van der Waals surface area contributed by atoms with Crippen LogP contribution in [-0.2, 0) is 21.3 Å². The number of piperazine rings is 1. The van der Waals surface area contributed by atoms with Crippen LogP contribution >= 0.6 is 0 Å². The number of hydrogen-bond acceptors (Lipinski definition) is 8. The summed E-state index contributed by atoms with van der Waals surface area (Å²) < 4.78 is 53.7. The highest BCUT2D eigenvalue weighted by atomic mass is 32.2. The van der Waals surface area contributed by atoms with E-state index in [1.54, 1.807) is 6.07 Å². The molecule has 2 saturated heterocycles. The molecule has 0 aliphatic carbocycles. The zero-order chi connectivity index (χ0) is 25.1. The lowest BCUT2D eigenvalue weighted by atomic mass is 10.1. The molecule has 2 aliphatic rings. The number of rotatable bonds is 8. The van der Waals surface area contributed by atoms with Crippen LogP contribution < -0.4 is 9.46 Å². The molecule has 190 valence electrons. The van der Waals surface area contributed by atoms with Gasteiger partial charge in [0, 0.05) is 50.7 Å². The second kappa shape index (κ2) is 10.5. The van der Waals surface area contributed by atoms with Crippen LogP contribution in [0.15, 0.2) is 59.8 Å². The number of ether oxygens (including phenoxy) is 2. The molecule has 3 aromatic rings. The van der Waals surface area contributed by atoms with Crippen molar-refractivity contribution < 1.29 is 22.3 Å². The Morgan fingerprint density at radius 2 is 1.89 bits per heavy atom. The van der Waals surface area contributed by atoms with Gasteiger partial charge in [0.2, 0.25) is 5.88 Å². The van der Waals surface area contributed by atoms with Crippen molar-refractivity contribution in [3.63, 3.8) is 0 Å². The number of hydrogen-bond donors (Lipinski definition) is 1. The van der Waals surface area contributed by atoms with Crippen LogP contribution in [-0.4, -0.2) is 80.7 Å². The predicted molar refractivity (Wildman–Crippen MR) is 133 cm³/mol. The summed E-state index contributed by atoms with van der Waals surface area (Å²) in [7, 11) is -2.62. The quantitative estimate of drug-likeness (QED) is 0.491. The van der Waals surface area contributed by atoms with Crippen molar-refractivity contribution >= 4 is 15.7 Å². The van der Waals surface area contributed by atoms with Gasteiger partial charge in [-0.15, -0.1) is 0 Å². The van der Waals surface area contributed by atoms with E-state index < -0.39 is 15.8 Å². The van der Waals surface area contributed by atoms with Crippen molar-refractivity contribution in [2.24, 2.45) is 0 Å². The molecule has 0 unspecified atom stereocenters. The number of nitrogens with zero attached hydrogens (tertiary/aromatic N) is 4. The van der Waals surface area contributed by atoms with E-state index in [0.717, 1.165) is 45.0 Å². The number of methoxy groups -OCH3 is 1. The van der Waals surface area contributed by atoms with Crippen LogP contribution in [0.1, 0.15) is 5.56 Å². The first kappa shape index (κ1) is 24.6. The van der Waals surface area contributed by atoms with Crippen molar-refractivity contribution in [2.75, 3.05) is 51.2 Å². The molecule has 4 heterocycles.